The third-order valence-corrected chi connectivity index (χ3v) is 6.96. The smallest absolute Gasteiger partial charge is 0.233 e. The Morgan fingerprint density at radius 1 is 1.03 bits per heavy atom. The number of amides is 1. The van der Waals surface area contributed by atoms with E-state index in [0.29, 0.717) is 34.6 Å². The molecule has 0 aliphatic rings. The van der Waals surface area contributed by atoms with Crippen molar-refractivity contribution >= 4 is 44.4 Å². The molecule has 172 valence electrons. The van der Waals surface area contributed by atoms with Gasteiger partial charge in [0.1, 0.15) is 21.7 Å². The number of hydrogen-bond acceptors (Lipinski definition) is 7. The average molecular weight is 474 g/mol. The summed E-state index contributed by atoms with van der Waals surface area (Å²) in [6.45, 7) is 5.64. The summed E-state index contributed by atoms with van der Waals surface area (Å²) in [5.41, 5.74) is 1.71. The first-order valence-electron chi connectivity index (χ1n) is 10.5. The lowest BCUT2D eigenvalue weighted by Crippen LogP contribution is -2.37. The Balaban J connectivity index is 1.90. The SMILES string of the molecule is COc1ccc(OC)c2sc(N(CCN(C)C)C(=O)Cc3ccc(SC(C)C)cc3)nc12. The van der Waals surface area contributed by atoms with Gasteiger partial charge >= 0.3 is 0 Å². The third-order valence-electron chi connectivity index (χ3n) is 4.85. The average Bonchev–Trinajstić information content (AvgIpc) is 3.19. The first-order chi connectivity index (χ1) is 15.3. The Kier molecular flexibility index (Phi) is 8.39. The number of benzene rings is 2. The molecule has 0 bridgehead atoms. The third kappa shape index (κ3) is 5.94. The summed E-state index contributed by atoms with van der Waals surface area (Å²) in [4.78, 5) is 23.2. The van der Waals surface area contributed by atoms with Crippen LogP contribution in [0.25, 0.3) is 10.2 Å². The molecule has 0 N–H and O–H groups in total. The Morgan fingerprint density at radius 2 is 1.69 bits per heavy atom. The molecule has 0 fully saturated rings. The molecule has 2 aromatic carbocycles. The Hall–Kier alpha value is -2.29. The molecule has 1 heterocycles. The highest BCUT2D eigenvalue weighted by Crippen LogP contribution is 2.40. The standard InChI is InChI=1S/C24H31N3O3S2/c1-16(2)31-18-9-7-17(8-10-18)15-21(28)27(14-13-26(3)4)24-25-22-19(29-5)11-12-20(30-6)23(22)32-24/h7-12,16H,13-15H2,1-6H3. The van der Waals surface area contributed by atoms with Gasteiger partial charge in [-0.05, 0) is 43.9 Å². The second kappa shape index (κ2) is 11.0. The fraction of sp³-hybridized carbons (Fsp3) is 0.417. The van der Waals surface area contributed by atoms with Crippen molar-refractivity contribution in [3.8, 4) is 11.5 Å². The number of fused-ring (bicyclic) bond motifs is 1. The molecule has 3 rings (SSSR count). The summed E-state index contributed by atoms with van der Waals surface area (Å²) in [6.07, 6.45) is 0.324. The van der Waals surface area contributed by atoms with Gasteiger partial charge in [0.15, 0.2) is 5.13 Å². The summed E-state index contributed by atoms with van der Waals surface area (Å²) >= 11 is 3.27. The van der Waals surface area contributed by atoms with Crippen LogP contribution in [0.5, 0.6) is 11.5 Å². The van der Waals surface area contributed by atoms with Gasteiger partial charge in [0.25, 0.3) is 0 Å². The lowest BCUT2D eigenvalue weighted by atomic mass is 10.1. The molecule has 0 saturated heterocycles. The Labute approximate surface area is 198 Å². The lowest BCUT2D eigenvalue weighted by Gasteiger charge is -2.22. The maximum absolute atomic E-state index is 13.4. The van der Waals surface area contributed by atoms with E-state index in [1.165, 1.54) is 16.2 Å². The zero-order valence-corrected chi connectivity index (χ0v) is 21.2. The highest BCUT2D eigenvalue weighted by atomic mass is 32.2. The number of carbonyl (C=O) groups is 1. The molecule has 1 aromatic heterocycles. The number of aromatic nitrogens is 1. The lowest BCUT2D eigenvalue weighted by molar-refractivity contribution is -0.118. The van der Waals surface area contributed by atoms with Crippen LogP contribution in [0.15, 0.2) is 41.3 Å². The number of nitrogens with zero attached hydrogens (tertiary/aromatic N) is 3. The molecule has 0 saturated carbocycles. The highest BCUT2D eigenvalue weighted by molar-refractivity contribution is 7.99. The number of likely N-dealkylation sites (N-methyl/N-ethyl adjacent to an activating group) is 1. The Bertz CT molecular complexity index is 1010. The minimum Gasteiger partial charge on any atom is -0.495 e. The number of thioether (sulfide) groups is 1. The van der Waals surface area contributed by atoms with Crippen molar-refractivity contribution < 1.29 is 14.3 Å². The van der Waals surface area contributed by atoms with Crippen LogP contribution < -0.4 is 14.4 Å². The van der Waals surface area contributed by atoms with Crippen molar-refractivity contribution in [2.45, 2.75) is 30.4 Å². The van der Waals surface area contributed by atoms with Crippen LogP contribution in [0.2, 0.25) is 0 Å². The number of rotatable bonds is 10. The molecule has 0 spiro atoms. The zero-order chi connectivity index (χ0) is 23.3. The second-order valence-corrected chi connectivity index (χ2v) is 10.6. The van der Waals surface area contributed by atoms with Crippen molar-refractivity contribution in [2.24, 2.45) is 0 Å². The van der Waals surface area contributed by atoms with Crippen molar-refractivity contribution in [2.75, 3.05) is 46.3 Å². The van der Waals surface area contributed by atoms with Gasteiger partial charge in [-0.25, -0.2) is 4.98 Å². The molecule has 0 atom stereocenters. The topological polar surface area (TPSA) is 54.9 Å². The number of hydrogen-bond donors (Lipinski definition) is 0. The van der Waals surface area contributed by atoms with Gasteiger partial charge in [0.2, 0.25) is 5.91 Å². The van der Waals surface area contributed by atoms with E-state index in [2.05, 4.69) is 30.9 Å². The van der Waals surface area contributed by atoms with E-state index >= 15 is 0 Å². The van der Waals surface area contributed by atoms with Crippen LogP contribution in [0.3, 0.4) is 0 Å². The van der Waals surface area contributed by atoms with E-state index < -0.39 is 0 Å². The number of ether oxygens (including phenoxy) is 2. The number of carbonyl (C=O) groups excluding carboxylic acids is 1. The highest BCUT2D eigenvalue weighted by Gasteiger charge is 2.23. The van der Waals surface area contributed by atoms with Gasteiger partial charge in [-0.15, -0.1) is 11.8 Å². The second-order valence-electron chi connectivity index (χ2n) is 7.98. The summed E-state index contributed by atoms with van der Waals surface area (Å²) < 4.78 is 11.9. The number of thiazole rings is 1. The molecular weight excluding hydrogens is 442 g/mol. The van der Waals surface area contributed by atoms with Crippen molar-refractivity contribution in [3.63, 3.8) is 0 Å². The number of anilines is 1. The fourth-order valence-corrected chi connectivity index (χ4v) is 5.20. The molecule has 1 amide bonds. The first kappa shape index (κ1) is 24.4. The minimum atomic E-state index is 0.0214. The van der Waals surface area contributed by atoms with Crippen LogP contribution in [0.4, 0.5) is 5.13 Å². The molecule has 0 aliphatic heterocycles. The molecular formula is C24H31N3O3S2. The van der Waals surface area contributed by atoms with Crippen LogP contribution >= 0.6 is 23.1 Å². The van der Waals surface area contributed by atoms with Gasteiger partial charge in [0, 0.05) is 23.2 Å². The fourth-order valence-electron chi connectivity index (χ4n) is 3.24. The van der Waals surface area contributed by atoms with Crippen molar-refractivity contribution in [3.05, 3.63) is 42.0 Å². The van der Waals surface area contributed by atoms with Crippen molar-refractivity contribution in [1.29, 1.82) is 0 Å². The van der Waals surface area contributed by atoms with Gasteiger partial charge in [-0.3, -0.25) is 9.69 Å². The van der Waals surface area contributed by atoms with Gasteiger partial charge in [-0.1, -0.05) is 37.3 Å². The predicted octanol–water partition coefficient (Wildman–Crippen LogP) is 4.95. The largest absolute Gasteiger partial charge is 0.495 e. The first-order valence-corrected chi connectivity index (χ1v) is 12.2. The number of methoxy groups -OCH3 is 2. The van der Waals surface area contributed by atoms with Gasteiger partial charge in [-0.2, -0.15) is 0 Å². The normalized spacial score (nSPS) is 11.4. The van der Waals surface area contributed by atoms with Gasteiger partial charge < -0.3 is 14.4 Å². The summed E-state index contributed by atoms with van der Waals surface area (Å²) in [7, 11) is 7.25. The minimum absolute atomic E-state index is 0.0214. The molecule has 3 aromatic rings. The summed E-state index contributed by atoms with van der Waals surface area (Å²) in [6, 6.07) is 12.0. The van der Waals surface area contributed by atoms with Crippen LogP contribution in [0, 0.1) is 0 Å². The molecule has 8 heteroatoms. The monoisotopic (exact) mass is 473 g/mol. The quantitative estimate of drug-likeness (QED) is 0.388. The molecule has 0 radical (unpaired) electrons. The summed E-state index contributed by atoms with van der Waals surface area (Å²) in [5.74, 6) is 1.41. The zero-order valence-electron chi connectivity index (χ0n) is 19.5. The van der Waals surface area contributed by atoms with Crippen LogP contribution in [-0.2, 0) is 11.2 Å². The van der Waals surface area contributed by atoms with Crippen LogP contribution in [-0.4, -0.2) is 62.4 Å². The van der Waals surface area contributed by atoms with E-state index in [4.69, 9.17) is 14.5 Å². The maximum atomic E-state index is 13.4. The predicted molar refractivity (Wildman–Crippen MR) is 135 cm³/mol. The van der Waals surface area contributed by atoms with Crippen molar-refractivity contribution in [1.82, 2.24) is 9.88 Å². The van der Waals surface area contributed by atoms with E-state index in [1.54, 1.807) is 19.1 Å². The summed E-state index contributed by atoms with van der Waals surface area (Å²) in [5, 5.41) is 1.18. The van der Waals surface area contributed by atoms with E-state index in [-0.39, 0.29) is 5.91 Å². The molecule has 32 heavy (non-hydrogen) atoms. The molecule has 0 aliphatic carbocycles. The maximum Gasteiger partial charge on any atom is 0.233 e. The van der Waals surface area contributed by atoms with E-state index in [9.17, 15) is 4.79 Å². The van der Waals surface area contributed by atoms with Crippen LogP contribution in [0.1, 0.15) is 19.4 Å². The van der Waals surface area contributed by atoms with Gasteiger partial charge in [0.05, 0.1) is 20.6 Å². The van der Waals surface area contributed by atoms with E-state index in [0.717, 1.165) is 22.6 Å². The Morgan fingerprint density at radius 3 is 2.28 bits per heavy atom. The molecule has 0 unspecified atom stereocenters. The van der Waals surface area contributed by atoms with E-state index in [1.807, 2.05) is 50.1 Å². The molecule has 6 nitrogen and oxygen atoms in total.